The summed E-state index contributed by atoms with van der Waals surface area (Å²) < 4.78 is 16.7. The minimum atomic E-state index is -0.243. The second-order valence-electron chi connectivity index (χ2n) is 5.49. The minimum Gasteiger partial charge on any atom is -0.357 e. The molecule has 0 spiro atoms. The van der Waals surface area contributed by atoms with E-state index in [-0.39, 0.29) is 12.4 Å². The Labute approximate surface area is 154 Å². The molecule has 3 rings (SSSR count). The highest BCUT2D eigenvalue weighted by Gasteiger charge is 2.05. The lowest BCUT2D eigenvalue weighted by Gasteiger charge is -2.10. The molecule has 25 heavy (non-hydrogen) atoms. The molecule has 0 bridgehead atoms. The number of nitrogens with one attached hydrogen (secondary N) is 2. The van der Waals surface area contributed by atoms with Gasteiger partial charge >= 0.3 is 0 Å². The normalized spacial score (nSPS) is 11.7. The van der Waals surface area contributed by atoms with Crippen LogP contribution in [0.2, 0.25) is 0 Å². The van der Waals surface area contributed by atoms with Crippen LogP contribution in [0.5, 0.6) is 0 Å². The lowest BCUT2D eigenvalue weighted by atomic mass is 10.2. The van der Waals surface area contributed by atoms with Crippen LogP contribution in [-0.2, 0) is 13.1 Å². The van der Waals surface area contributed by atoms with Crippen LogP contribution in [-0.4, -0.2) is 21.9 Å². The molecule has 0 fully saturated rings. The van der Waals surface area contributed by atoms with E-state index in [0.717, 1.165) is 22.4 Å². The van der Waals surface area contributed by atoms with Crippen molar-refractivity contribution in [1.82, 2.24) is 20.0 Å². The zero-order valence-corrected chi connectivity index (χ0v) is 15.4. The first-order chi connectivity index (χ1) is 12.2. The summed E-state index contributed by atoms with van der Waals surface area (Å²) >= 11 is 3.45. The summed E-state index contributed by atoms with van der Waals surface area (Å²) in [6, 6.07) is 10.6. The van der Waals surface area contributed by atoms with Crippen molar-refractivity contribution < 1.29 is 4.39 Å². The Morgan fingerprint density at radius 2 is 2.04 bits per heavy atom. The zero-order valence-electron chi connectivity index (χ0n) is 13.8. The number of pyridine rings is 1. The molecule has 0 aliphatic heterocycles. The third-order valence-corrected chi connectivity index (χ3v) is 4.08. The number of imidazole rings is 1. The van der Waals surface area contributed by atoms with Gasteiger partial charge in [-0.2, -0.15) is 0 Å². The monoisotopic (exact) mass is 403 g/mol. The average Bonchev–Trinajstić information content (AvgIpc) is 3.00. The Morgan fingerprint density at radius 3 is 2.84 bits per heavy atom. The van der Waals surface area contributed by atoms with Gasteiger partial charge in [-0.05, 0) is 41.1 Å². The highest BCUT2D eigenvalue weighted by molar-refractivity contribution is 9.10. The van der Waals surface area contributed by atoms with E-state index in [9.17, 15) is 4.39 Å². The van der Waals surface area contributed by atoms with Gasteiger partial charge in [0.25, 0.3) is 0 Å². The van der Waals surface area contributed by atoms with Crippen molar-refractivity contribution in [3.8, 4) is 0 Å². The SMILES string of the molecule is CCNC(=NCc1ccccc1F)NCc1cn2cc(Br)ccc2n1. The number of hydrogen-bond donors (Lipinski definition) is 2. The van der Waals surface area contributed by atoms with Gasteiger partial charge in [0.15, 0.2) is 5.96 Å². The fraction of sp³-hybridized carbons (Fsp3) is 0.222. The third-order valence-electron chi connectivity index (χ3n) is 3.61. The predicted molar refractivity (Wildman–Crippen MR) is 101 cm³/mol. The molecule has 0 amide bonds. The predicted octanol–water partition coefficient (Wildman–Crippen LogP) is 3.49. The van der Waals surface area contributed by atoms with E-state index >= 15 is 0 Å². The van der Waals surface area contributed by atoms with Gasteiger partial charge in [-0.1, -0.05) is 18.2 Å². The number of rotatable bonds is 5. The van der Waals surface area contributed by atoms with E-state index < -0.39 is 0 Å². The molecule has 3 aromatic rings. The minimum absolute atomic E-state index is 0.243. The maximum Gasteiger partial charge on any atom is 0.191 e. The Morgan fingerprint density at radius 1 is 1.20 bits per heavy atom. The number of aliphatic imine (C=N–C) groups is 1. The van der Waals surface area contributed by atoms with Gasteiger partial charge in [-0.15, -0.1) is 0 Å². The van der Waals surface area contributed by atoms with Crippen LogP contribution in [0.25, 0.3) is 5.65 Å². The van der Waals surface area contributed by atoms with Crippen molar-refractivity contribution >= 4 is 27.5 Å². The van der Waals surface area contributed by atoms with Crippen LogP contribution in [0.15, 0.2) is 58.3 Å². The highest BCUT2D eigenvalue weighted by Crippen LogP contribution is 2.12. The lowest BCUT2D eigenvalue weighted by Crippen LogP contribution is -2.36. The summed E-state index contributed by atoms with van der Waals surface area (Å²) in [5.41, 5.74) is 2.35. The Kier molecular flexibility index (Phi) is 5.65. The fourth-order valence-electron chi connectivity index (χ4n) is 2.41. The van der Waals surface area contributed by atoms with Crippen LogP contribution < -0.4 is 10.6 Å². The van der Waals surface area contributed by atoms with Crippen molar-refractivity contribution in [2.75, 3.05) is 6.54 Å². The van der Waals surface area contributed by atoms with E-state index in [1.165, 1.54) is 6.07 Å². The average molecular weight is 404 g/mol. The summed E-state index contributed by atoms with van der Waals surface area (Å²) in [6.45, 7) is 3.52. The number of halogens is 2. The van der Waals surface area contributed by atoms with Crippen LogP contribution in [0, 0.1) is 5.82 Å². The number of guanidine groups is 1. The van der Waals surface area contributed by atoms with Gasteiger partial charge in [0.1, 0.15) is 11.5 Å². The second kappa shape index (κ2) is 8.11. The van der Waals surface area contributed by atoms with Crippen LogP contribution in [0.1, 0.15) is 18.2 Å². The van der Waals surface area contributed by atoms with E-state index in [1.807, 2.05) is 41.9 Å². The molecular weight excluding hydrogens is 385 g/mol. The molecule has 2 N–H and O–H groups in total. The first kappa shape index (κ1) is 17.4. The molecule has 130 valence electrons. The first-order valence-electron chi connectivity index (χ1n) is 8.04. The molecule has 0 radical (unpaired) electrons. The van der Waals surface area contributed by atoms with Gasteiger partial charge in [0.05, 0.1) is 18.8 Å². The zero-order chi connectivity index (χ0) is 17.6. The summed E-state index contributed by atoms with van der Waals surface area (Å²) in [6.07, 6.45) is 3.93. The summed E-state index contributed by atoms with van der Waals surface area (Å²) in [7, 11) is 0. The molecule has 0 atom stereocenters. The molecule has 1 aromatic carbocycles. The molecule has 2 heterocycles. The lowest BCUT2D eigenvalue weighted by molar-refractivity contribution is 0.610. The molecular formula is C18H19BrFN5. The molecule has 0 saturated heterocycles. The number of hydrogen-bond acceptors (Lipinski definition) is 2. The molecule has 0 unspecified atom stereocenters. The van der Waals surface area contributed by atoms with E-state index in [0.29, 0.717) is 18.1 Å². The molecule has 7 heteroatoms. The summed E-state index contributed by atoms with van der Waals surface area (Å²) in [4.78, 5) is 9.00. The van der Waals surface area contributed by atoms with Crippen molar-refractivity contribution in [3.05, 3.63) is 70.3 Å². The number of aromatic nitrogens is 2. The Balaban J connectivity index is 1.68. The molecule has 0 aliphatic rings. The van der Waals surface area contributed by atoms with Crippen molar-refractivity contribution in [2.45, 2.75) is 20.0 Å². The summed E-state index contributed by atoms with van der Waals surface area (Å²) in [5.74, 6) is 0.386. The van der Waals surface area contributed by atoms with E-state index in [4.69, 9.17) is 0 Å². The second-order valence-corrected chi connectivity index (χ2v) is 6.40. The quantitative estimate of drug-likeness (QED) is 0.506. The number of fused-ring (bicyclic) bond motifs is 1. The third kappa shape index (κ3) is 4.57. The maximum absolute atomic E-state index is 13.7. The van der Waals surface area contributed by atoms with Gasteiger partial charge in [0.2, 0.25) is 0 Å². The Bertz CT molecular complexity index is 890. The Hall–Kier alpha value is -2.41. The molecule has 2 aromatic heterocycles. The van der Waals surface area contributed by atoms with Crippen molar-refractivity contribution in [3.63, 3.8) is 0 Å². The van der Waals surface area contributed by atoms with Gasteiger partial charge < -0.3 is 15.0 Å². The molecule has 0 saturated carbocycles. The van der Waals surface area contributed by atoms with Gasteiger partial charge in [0, 0.05) is 29.0 Å². The molecule has 5 nitrogen and oxygen atoms in total. The highest BCUT2D eigenvalue weighted by atomic mass is 79.9. The van der Waals surface area contributed by atoms with Gasteiger partial charge in [-0.3, -0.25) is 0 Å². The topological polar surface area (TPSA) is 53.7 Å². The van der Waals surface area contributed by atoms with Gasteiger partial charge in [-0.25, -0.2) is 14.4 Å². The van der Waals surface area contributed by atoms with E-state index in [2.05, 4.69) is 36.5 Å². The number of nitrogens with zero attached hydrogens (tertiary/aromatic N) is 3. The maximum atomic E-state index is 13.7. The van der Waals surface area contributed by atoms with Crippen LogP contribution in [0.3, 0.4) is 0 Å². The summed E-state index contributed by atoms with van der Waals surface area (Å²) in [5, 5.41) is 6.39. The van der Waals surface area contributed by atoms with Crippen LogP contribution in [0.4, 0.5) is 4.39 Å². The van der Waals surface area contributed by atoms with E-state index in [1.54, 1.807) is 12.1 Å². The standard InChI is InChI=1S/C18H19BrFN5/c1-2-21-18(22-9-13-5-3-4-6-16(13)20)23-10-15-12-25-11-14(19)7-8-17(25)24-15/h3-8,11-12H,2,9-10H2,1H3,(H2,21,22,23). The van der Waals surface area contributed by atoms with Crippen molar-refractivity contribution in [2.24, 2.45) is 4.99 Å². The molecule has 0 aliphatic carbocycles. The van der Waals surface area contributed by atoms with Crippen LogP contribution >= 0.6 is 15.9 Å². The first-order valence-corrected chi connectivity index (χ1v) is 8.83. The number of benzene rings is 1. The van der Waals surface area contributed by atoms with Crippen molar-refractivity contribution in [1.29, 1.82) is 0 Å². The fourth-order valence-corrected chi connectivity index (χ4v) is 2.76. The largest absolute Gasteiger partial charge is 0.357 e. The smallest absolute Gasteiger partial charge is 0.191 e.